The van der Waals surface area contributed by atoms with Crippen LogP contribution in [0.1, 0.15) is 22.9 Å². The van der Waals surface area contributed by atoms with Crippen LogP contribution < -0.4 is 5.73 Å². The van der Waals surface area contributed by atoms with Crippen molar-refractivity contribution < 1.29 is 4.42 Å². The third-order valence-corrected chi connectivity index (χ3v) is 4.15. The van der Waals surface area contributed by atoms with E-state index in [0.717, 1.165) is 16.5 Å². The highest BCUT2D eigenvalue weighted by atomic mass is 35.5. The molecule has 0 fully saturated rings. The fourth-order valence-electron chi connectivity index (χ4n) is 2.25. The molecular weight excluding hydrogens is 293 g/mol. The molecule has 0 radical (unpaired) electrons. The fourth-order valence-corrected chi connectivity index (χ4v) is 2.68. The number of furan rings is 1. The second-order valence-electron chi connectivity index (χ2n) is 4.81. The van der Waals surface area contributed by atoms with Gasteiger partial charge in [-0.2, -0.15) is 0 Å². The van der Waals surface area contributed by atoms with E-state index in [9.17, 15) is 0 Å². The minimum atomic E-state index is -0.436. The van der Waals surface area contributed by atoms with Crippen LogP contribution in [0.5, 0.6) is 0 Å². The molecule has 0 amide bonds. The Kier molecular flexibility index (Phi) is 3.47. The zero-order valence-corrected chi connectivity index (χ0v) is 12.4. The highest BCUT2D eigenvalue weighted by Gasteiger charge is 2.18. The van der Waals surface area contributed by atoms with E-state index in [2.05, 4.69) is 6.07 Å². The third-order valence-electron chi connectivity index (χ3n) is 3.31. The molecule has 2 nitrogen and oxygen atoms in total. The van der Waals surface area contributed by atoms with Gasteiger partial charge in [0, 0.05) is 5.39 Å². The largest absolute Gasteiger partial charge is 0.459 e. The SMILES string of the molecule is Cc1ccc2oc(C(N)c3cccc(Cl)c3Cl)cc2c1. The summed E-state index contributed by atoms with van der Waals surface area (Å²) in [6.45, 7) is 2.04. The molecule has 20 heavy (non-hydrogen) atoms. The van der Waals surface area contributed by atoms with Crippen molar-refractivity contribution in [2.24, 2.45) is 5.73 Å². The zero-order chi connectivity index (χ0) is 14.3. The number of halogens is 2. The lowest BCUT2D eigenvalue weighted by atomic mass is 10.0. The van der Waals surface area contributed by atoms with Gasteiger partial charge in [0.05, 0.1) is 16.1 Å². The summed E-state index contributed by atoms with van der Waals surface area (Å²) in [5, 5.41) is 2.00. The van der Waals surface area contributed by atoms with Crippen LogP contribution in [0.15, 0.2) is 46.9 Å². The molecule has 0 spiro atoms. The summed E-state index contributed by atoms with van der Waals surface area (Å²) < 4.78 is 5.81. The first-order valence-corrected chi connectivity index (χ1v) is 7.01. The molecule has 1 atom stereocenters. The Bertz CT molecular complexity index is 779. The highest BCUT2D eigenvalue weighted by molar-refractivity contribution is 6.42. The molecule has 1 heterocycles. The van der Waals surface area contributed by atoms with Gasteiger partial charge in [0.15, 0.2) is 0 Å². The van der Waals surface area contributed by atoms with Crippen molar-refractivity contribution in [2.45, 2.75) is 13.0 Å². The lowest BCUT2D eigenvalue weighted by molar-refractivity contribution is 0.525. The number of benzene rings is 2. The highest BCUT2D eigenvalue weighted by Crippen LogP contribution is 2.34. The molecule has 2 N–H and O–H groups in total. The summed E-state index contributed by atoms with van der Waals surface area (Å²) in [5.41, 5.74) is 9.01. The van der Waals surface area contributed by atoms with Gasteiger partial charge in [-0.05, 0) is 36.8 Å². The Morgan fingerprint density at radius 2 is 1.90 bits per heavy atom. The Morgan fingerprint density at radius 3 is 2.70 bits per heavy atom. The van der Waals surface area contributed by atoms with Gasteiger partial charge in [0.25, 0.3) is 0 Å². The molecule has 0 saturated carbocycles. The van der Waals surface area contributed by atoms with Crippen LogP contribution in [0.4, 0.5) is 0 Å². The first-order chi connectivity index (χ1) is 9.56. The molecule has 0 saturated heterocycles. The maximum absolute atomic E-state index is 6.25. The van der Waals surface area contributed by atoms with Crippen molar-refractivity contribution in [2.75, 3.05) is 0 Å². The van der Waals surface area contributed by atoms with E-state index in [-0.39, 0.29) is 0 Å². The normalized spacial score (nSPS) is 12.8. The number of fused-ring (bicyclic) bond motifs is 1. The van der Waals surface area contributed by atoms with E-state index in [1.807, 2.05) is 37.3 Å². The second-order valence-corrected chi connectivity index (χ2v) is 5.60. The summed E-state index contributed by atoms with van der Waals surface area (Å²) >= 11 is 12.2. The molecule has 102 valence electrons. The smallest absolute Gasteiger partial charge is 0.134 e. The van der Waals surface area contributed by atoms with Crippen LogP contribution in [0, 0.1) is 6.92 Å². The van der Waals surface area contributed by atoms with Crippen molar-refractivity contribution in [1.29, 1.82) is 0 Å². The molecule has 3 rings (SSSR count). The van der Waals surface area contributed by atoms with Gasteiger partial charge in [-0.15, -0.1) is 0 Å². The lowest BCUT2D eigenvalue weighted by Crippen LogP contribution is -2.11. The van der Waals surface area contributed by atoms with Crippen molar-refractivity contribution in [3.05, 3.63) is 69.4 Å². The second kappa shape index (κ2) is 5.13. The van der Waals surface area contributed by atoms with E-state index >= 15 is 0 Å². The fraction of sp³-hybridized carbons (Fsp3) is 0.125. The number of hydrogen-bond donors (Lipinski definition) is 1. The van der Waals surface area contributed by atoms with Crippen LogP contribution in [0.2, 0.25) is 10.0 Å². The van der Waals surface area contributed by atoms with Crippen molar-refractivity contribution in [3.8, 4) is 0 Å². The van der Waals surface area contributed by atoms with E-state index in [0.29, 0.717) is 15.8 Å². The average Bonchev–Trinajstić information content (AvgIpc) is 2.84. The van der Waals surface area contributed by atoms with Gasteiger partial charge in [0.1, 0.15) is 11.3 Å². The van der Waals surface area contributed by atoms with Gasteiger partial charge in [0.2, 0.25) is 0 Å². The quantitative estimate of drug-likeness (QED) is 0.715. The van der Waals surface area contributed by atoms with E-state index in [1.165, 1.54) is 5.56 Å². The Labute approximate surface area is 127 Å². The summed E-state index contributed by atoms with van der Waals surface area (Å²) in [6.07, 6.45) is 0. The van der Waals surface area contributed by atoms with Crippen LogP contribution in [0.3, 0.4) is 0 Å². The molecule has 1 unspecified atom stereocenters. The maximum atomic E-state index is 6.25. The Balaban J connectivity index is 2.08. The standard InChI is InChI=1S/C16H13Cl2NO/c1-9-5-6-13-10(7-9)8-14(20-13)16(19)11-3-2-4-12(17)15(11)18/h2-8,16H,19H2,1H3. The summed E-state index contributed by atoms with van der Waals surface area (Å²) in [4.78, 5) is 0. The van der Waals surface area contributed by atoms with E-state index < -0.39 is 6.04 Å². The van der Waals surface area contributed by atoms with Crippen molar-refractivity contribution in [1.82, 2.24) is 0 Å². The zero-order valence-electron chi connectivity index (χ0n) is 10.9. The minimum Gasteiger partial charge on any atom is -0.459 e. The van der Waals surface area contributed by atoms with Gasteiger partial charge in [-0.25, -0.2) is 0 Å². The molecule has 3 aromatic rings. The first kappa shape index (κ1) is 13.5. The summed E-state index contributed by atoms with van der Waals surface area (Å²) in [7, 11) is 0. The first-order valence-electron chi connectivity index (χ1n) is 6.26. The predicted molar refractivity (Wildman–Crippen MR) is 83.4 cm³/mol. The van der Waals surface area contributed by atoms with Crippen LogP contribution >= 0.6 is 23.2 Å². The monoisotopic (exact) mass is 305 g/mol. The number of aryl methyl sites for hydroxylation is 1. The number of rotatable bonds is 2. The van der Waals surface area contributed by atoms with Crippen LogP contribution in [-0.2, 0) is 0 Å². The van der Waals surface area contributed by atoms with Gasteiger partial charge in [-0.3, -0.25) is 0 Å². The minimum absolute atomic E-state index is 0.436. The van der Waals surface area contributed by atoms with E-state index in [1.54, 1.807) is 6.07 Å². The number of hydrogen-bond acceptors (Lipinski definition) is 2. The average molecular weight is 306 g/mol. The van der Waals surface area contributed by atoms with Gasteiger partial charge in [-0.1, -0.05) is 47.0 Å². The molecule has 2 aromatic carbocycles. The van der Waals surface area contributed by atoms with E-state index in [4.69, 9.17) is 33.4 Å². The predicted octanol–water partition coefficient (Wildman–Crippen LogP) is 5.10. The lowest BCUT2D eigenvalue weighted by Gasteiger charge is -2.11. The van der Waals surface area contributed by atoms with Crippen LogP contribution in [0.25, 0.3) is 11.0 Å². The Hall–Kier alpha value is -1.48. The van der Waals surface area contributed by atoms with Gasteiger partial charge < -0.3 is 10.2 Å². The van der Waals surface area contributed by atoms with Crippen LogP contribution in [-0.4, -0.2) is 0 Å². The molecule has 0 bridgehead atoms. The van der Waals surface area contributed by atoms with Crippen molar-refractivity contribution in [3.63, 3.8) is 0 Å². The summed E-state index contributed by atoms with van der Waals surface area (Å²) in [5.74, 6) is 0.676. The third kappa shape index (κ3) is 2.31. The van der Waals surface area contributed by atoms with Crippen molar-refractivity contribution >= 4 is 34.2 Å². The molecule has 0 aliphatic carbocycles. The Morgan fingerprint density at radius 1 is 1.10 bits per heavy atom. The molecule has 0 aliphatic rings. The molecule has 4 heteroatoms. The maximum Gasteiger partial charge on any atom is 0.134 e. The molecule has 0 aliphatic heterocycles. The van der Waals surface area contributed by atoms with Gasteiger partial charge >= 0.3 is 0 Å². The topological polar surface area (TPSA) is 39.2 Å². The molecular formula is C16H13Cl2NO. The number of nitrogens with two attached hydrogens (primary N) is 1. The summed E-state index contributed by atoms with van der Waals surface area (Å²) in [6, 6.07) is 13.0. The molecule has 1 aromatic heterocycles.